The van der Waals surface area contributed by atoms with Crippen molar-refractivity contribution in [1.82, 2.24) is 4.90 Å². The third kappa shape index (κ3) is 9.17. The smallest absolute Gasteiger partial charge is 0.306 e. The second-order valence-electron chi connectivity index (χ2n) is 17.5. The highest BCUT2D eigenvalue weighted by molar-refractivity contribution is 9.09. The Morgan fingerprint density at radius 3 is 2.20 bits per heavy atom. The van der Waals surface area contributed by atoms with Crippen molar-refractivity contribution in [3.05, 3.63) is 11.6 Å². The van der Waals surface area contributed by atoms with E-state index in [2.05, 4.69) is 54.8 Å². The number of ether oxygens (including phenoxy) is 9. The highest BCUT2D eigenvalue weighted by Gasteiger charge is 2.60. The van der Waals surface area contributed by atoms with Crippen molar-refractivity contribution >= 4 is 27.7 Å². The van der Waals surface area contributed by atoms with Gasteiger partial charge in [0.05, 0.1) is 36.9 Å². The van der Waals surface area contributed by atoms with Gasteiger partial charge in [-0.05, 0) is 110 Å². The van der Waals surface area contributed by atoms with Crippen LogP contribution in [0.15, 0.2) is 11.6 Å². The number of esters is 1. The van der Waals surface area contributed by atoms with E-state index in [9.17, 15) is 9.59 Å². The number of alkyl halides is 1. The fourth-order valence-electron chi connectivity index (χ4n) is 11.3. The minimum absolute atomic E-state index is 0.00454. The second kappa shape index (κ2) is 19.6. The lowest BCUT2D eigenvalue weighted by molar-refractivity contribution is -0.314. The Kier molecular flexibility index (Phi) is 15.6. The first-order chi connectivity index (χ1) is 26.8. The summed E-state index contributed by atoms with van der Waals surface area (Å²) in [4.78, 5) is 31.0. The first-order valence-corrected chi connectivity index (χ1v) is 22.3. The number of carbonyl (C=O) groups is 2. The Labute approximate surface area is 343 Å². The van der Waals surface area contributed by atoms with E-state index in [-0.39, 0.29) is 108 Å². The summed E-state index contributed by atoms with van der Waals surface area (Å²) in [5.41, 5.74) is 0.726. The van der Waals surface area contributed by atoms with Gasteiger partial charge in [0.1, 0.15) is 24.4 Å². The van der Waals surface area contributed by atoms with Gasteiger partial charge in [-0.25, -0.2) is 0 Å². The summed E-state index contributed by atoms with van der Waals surface area (Å²) in [6, 6.07) is 0.323. The first kappa shape index (κ1) is 44.5. The normalized spacial score (nSPS) is 46.3. The third-order valence-electron chi connectivity index (χ3n) is 14.1. The number of allylic oxidation sites excluding steroid dienone is 2. The van der Waals surface area contributed by atoms with Gasteiger partial charge in [-0.3, -0.25) is 9.59 Å². The molecule has 0 aromatic rings. The maximum absolute atomic E-state index is 15.0. The molecule has 6 aliphatic rings. The zero-order valence-electron chi connectivity index (χ0n) is 35.4. The second-order valence-corrected chi connectivity index (χ2v) is 18.5. The predicted molar refractivity (Wildman–Crippen MR) is 213 cm³/mol. The van der Waals surface area contributed by atoms with Gasteiger partial charge in [0.25, 0.3) is 0 Å². The van der Waals surface area contributed by atoms with Gasteiger partial charge in [-0.15, -0.1) is 0 Å². The van der Waals surface area contributed by atoms with E-state index in [1.165, 1.54) is 0 Å². The molecule has 0 bridgehead atoms. The number of nitrogens with zero attached hydrogens (tertiary/aromatic N) is 1. The lowest BCUT2D eigenvalue weighted by Gasteiger charge is -2.47. The molecule has 13 heteroatoms. The lowest BCUT2D eigenvalue weighted by atomic mass is 9.64. The molecular formula is C43H70BrNO11. The Hall–Kier alpha value is -1.00. The summed E-state index contributed by atoms with van der Waals surface area (Å²) in [7, 11) is 9.14. The van der Waals surface area contributed by atoms with Gasteiger partial charge in [-0.1, -0.05) is 35.9 Å². The summed E-state index contributed by atoms with van der Waals surface area (Å²) in [6.45, 7) is 10.7. The number of carbonyl (C=O) groups excluding carboxylic acids is 2. The van der Waals surface area contributed by atoms with E-state index in [0.29, 0.717) is 19.1 Å². The molecule has 0 spiro atoms. The standard InChI is InChI=1S/C43H70BrNO11/c1-11-25-14-13-15-33(56-35-17-16-32(45(6)7)23(4)52-35)22(3)38(47)31-20-28-27-18-26(55-43-42(50-10)41(49-9)39(48-8)24(5)53-43)19-30(27)37(44)40(51-12-2)36(28)29(31)21-34(46)54-25/h20,22-30,32-33,35-37,39-43H,11-19,21H2,1-10H3/t22-,23?,24?,25+,26+,27+,28+,29-,30-,32+,33+,35+,36-,37?,39+,40?,41?,42+,43+/m1/s1. The molecule has 0 aromatic heterocycles. The number of halogens is 1. The number of hydrogen-bond donors (Lipinski definition) is 0. The Morgan fingerprint density at radius 1 is 0.839 bits per heavy atom. The zero-order chi connectivity index (χ0) is 40.4. The first-order valence-electron chi connectivity index (χ1n) is 21.4. The number of Topliss-reactive ketones (excluding diaryl/α,β-unsaturated/α-hetero) is 1. The van der Waals surface area contributed by atoms with E-state index in [1.807, 2.05) is 20.8 Å². The van der Waals surface area contributed by atoms with Crippen LogP contribution < -0.4 is 0 Å². The number of ketones is 1. The monoisotopic (exact) mass is 855 g/mol. The molecule has 0 aromatic carbocycles. The van der Waals surface area contributed by atoms with Gasteiger partial charge in [0.2, 0.25) is 0 Å². The van der Waals surface area contributed by atoms with E-state index >= 15 is 0 Å². The lowest BCUT2D eigenvalue weighted by Crippen LogP contribution is -2.59. The fraction of sp³-hybridized carbons (Fsp3) is 0.907. The molecule has 12 nitrogen and oxygen atoms in total. The number of methoxy groups -OCH3 is 3. The van der Waals surface area contributed by atoms with Crippen LogP contribution in [0.5, 0.6) is 0 Å². The third-order valence-corrected chi connectivity index (χ3v) is 15.3. The average molecular weight is 857 g/mol. The number of likely N-dealkylation sites (N-methyl/N-ethyl adjacent to an activating group) is 1. The molecule has 0 amide bonds. The van der Waals surface area contributed by atoms with Crippen molar-refractivity contribution in [2.45, 2.75) is 171 Å². The van der Waals surface area contributed by atoms with Crippen LogP contribution in [-0.2, 0) is 52.2 Å². The molecule has 0 radical (unpaired) electrons. The fourth-order valence-corrected chi connectivity index (χ4v) is 12.4. The zero-order valence-corrected chi connectivity index (χ0v) is 37.0. The van der Waals surface area contributed by atoms with Gasteiger partial charge < -0.3 is 47.5 Å². The van der Waals surface area contributed by atoms with Gasteiger partial charge in [0.15, 0.2) is 18.4 Å². The van der Waals surface area contributed by atoms with E-state index in [1.54, 1.807) is 21.3 Å². The molecular weight excluding hydrogens is 786 g/mol. The molecule has 3 saturated heterocycles. The minimum atomic E-state index is -0.633. The molecule has 3 heterocycles. The van der Waals surface area contributed by atoms with Crippen LogP contribution in [0.3, 0.4) is 0 Å². The van der Waals surface area contributed by atoms with Crippen LogP contribution in [0.1, 0.15) is 92.4 Å². The maximum Gasteiger partial charge on any atom is 0.306 e. The van der Waals surface area contributed by atoms with E-state index < -0.39 is 18.3 Å². The number of rotatable bonds is 11. The van der Waals surface area contributed by atoms with Crippen LogP contribution in [0.2, 0.25) is 0 Å². The Balaban J connectivity index is 1.28. The summed E-state index contributed by atoms with van der Waals surface area (Å²) in [5.74, 6) is -0.568. The summed E-state index contributed by atoms with van der Waals surface area (Å²) in [6.07, 6.45) is 5.44. The highest BCUT2D eigenvalue weighted by Crippen LogP contribution is 2.59. The predicted octanol–water partition coefficient (Wildman–Crippen LogP) is 6.10. The van der Waals surface area contributed by atoms with Crippen LogP contribution in [0.25, 0.3) is 0 Å². The number of hydrogen-bond acceptors (Lipinski definition) is 12. The molecule has 2 saturated carbocycles. The molecule has 320 valence electrons. The van der Waals surface area contributed by atoms with Crippen LogP contribution in [0.4, 0.5) is 0 Å². The Bertz CT molecular complexity index is 1350. The largest absolute Gasteiger partial charge is 0.462 e. The quantitative estimate of drug-likeness (QED) is 0.177. The molecule has 5 fully saturated rings. The summed E-state index contributed by atoms with van der Waals surface area (Å²) >= 11 is 4.14. The molecule has 3 aliphatic carbocycles. The molecule has 0 N–H and O–H groups in total. The SMILES string of the molecule is CCOC1C(Br)[C@@H]2C[C@@H](O[C@@H]3OC(C)[C@H](OC)C(OC)[C@@H]3OC)C[C@H]2[C@@H]2C=C3C(=O)[C@H](C)[C@@H](O[C@H]4CC[C@H](N(C)C)C(C)O4)CCC[C@H](CC)OC(=O)C[C@H]3[C@H]12. The van der Waals surface area contributed by atoms with Gasteiger partial charge in [-0.2, -0.15) is 0 Å². The molecule has 6 rings (SSSR count). The molecule has 19 atom stereocenters. The average Bonchev–Trinajstić information content (AvgIpc) is 3.76. The summed E-state index contributed by atoms with van der Waals surface area (Å²) < 4.78 is 56.7. The summed E-state index contributed by atoms with van der Waals surface area (Å²) in [5, 5.41) is 0. The minimum Gasteiger partial charge on any atom is -0.462 e. The van der Waals surface area contributed by atoms with E-state index in [0.717, 1.165) is 50.5 Å². The van der Waals surface area contributed by atoms with Crippen molar-refractivity contribution in [3.63, 3.8) is 0 Å². The molecule has 5 unspecified atom stereocenters. The van der Waals surface area contributed by atoms with Crippen LogP contribution in [0, 0.1) is 35.5 Å². The highest BCUT2D eigenvalue weighted by atomic mass is 79.9. The molecule has 3 aliphatic heterocycles. The van der Waals surface area contributed by atoms with Gasteiger partial charge in [0, 0.05) is 56.6 Å². The van der Waals surface area contributed by atoms with Crippen molar-refractivity contribution in [2.24, 2.45) is 35.5 Å². The van der Waals surface area contributed by atoms with Gasteiger partial charge >= 0.3 is 5.97 Å². The van der Waals surface area contributed by atoms with Crippen molar-refractivity contribution in [3.8, 4) is 0 Å². The topological polar surface area (TPSA) is 120 Å². The van der Waals surface area contributed by atoms with Crippen molar-refractivity contribution < 1.29 is 52.2 Å². The van der Waals surface area contributed by atoms with Crippen molar-refractivity contribution in [2.75, 3.05) is 42.0 Å². The van der Waals surface area contributed by atoms with Crippen LogP contribution in [-0.4, -0.2) is 137 Å². The maximum atomic E-state index is 15.0. The number of cyclic esters (lactones) is 1. The Morgan fingerprint density at radius 2 is 1.55 bits per heavy atom. The van der Waals surface area contributed by atoms with E-state index in [4.69, 9.17) is 42.6 Å². The molecule has 56 heavy (non-hydrogen) atoms. The van der Waals surface area contributed by atoms with Crippen molar-refractivity contribution in [1.29, 1.82) is 0 Å². The van der Waals surface area contributed by atoms with Crippen LogP contribution >= 0.6 is 15.9 Å². The number of fused-ring (bicyclic) bond motifs is 5.